The minimum atomic E-state index is 0.000591. The van der Waals surface area contributed by atoms with Crippen LogP contribution in [0.5, 0.6) is 0 Å². The first-order valence-electron chi connectivity index (χ1n) is 7.51. The Balaban J connectivity index is 1.81. The number of carbonyl (C=O) groups excluding carboxylic acids is 1. The topological polar surface area (TPSA) is 59.8 Å². The third-order valence-electron chi connectivity index (χ3n) is 4.02. The van der Waals surface area contributed by atoms with E-state index in [9.17, 15) is 10.1 Å². The Bertz CT molecular complexity index is 355. The fraction of sp³-hybridized carbons (Fsp3) is 0.857. The average molecular weight is 280 g/mol. The maximum Gasteiger partial charge on any atom is 0.320 e. The van der Waals surface area contributed by atoms with Crippen LogP contribution in [0, 0.1) is 11.3 Å². The fourth-order valence-corrected chi connectivity index (χ4v) is 2.78. The maximum absolute atomic E-state index is 12.3. The summed E-state index contributed by atoms with van der Waals surface area (Å²) >= 11 is 0. The second-order valence-corrected chi connectivity index (χ2v) is 5.34. The van der Waals surface area contributed by atoms with Crippen LogP contribution in [0.2, 0.25) is 0 Å². The summed E-state index contributed by atoms with van der Waals surface area (Å²) in [7, 11) is 0. The summed E-state index contributed by atoms with van der Waals surface area (Å²) in [5.41, 5.74) is 0. The number of nitriles is 1. The van der Waals surface area contributed by atoms with Crippen LogP contribution in [0.4, 0.5) is 4.79 Å². The van der Waals surface area contributed by atoms with Gasteiger partial charge in [0.05, 0.1) is 25.3 Å². The van der Waals surface area contributed by atoms with Crippen molar-refractivity contribution in [3.05, 3.63) is 0 Å². The lowest BCUT2D eigenvalue weighted by Crippen LogP contribution is -2.56. The van der Waals surface area contributed by atoms with Gasteiger partial charge in [-0.25, -0.2) is 4.79 Å². The third kappa shape index (κ3) is 3.62. The van der Waals surface area contributed by atoms with Crippen molar-refractivity contribution < 1.29 is 9.53 Å². The van der Waals surface area contributed by atoms with Crippen LogP contribution < -0.4 is 0 Å². The van der Waals surface area contributed by atoms with Crippen molar-refractivity contribution >= 4 is 6.03 Å². The number of morpholine rings is 1. The number of rotatable bonds is 3. The van der Waals surface area contributed by atoms with Gasteiger partial charge >= 0.3 is 6.03 Å². The van der Waals surface area contributed by atoms with Gasteiger partial charge in [-0.2, -0.15) is 5.26 Å². The third-order valence-corrected chi connectivity index (χ3v) is 4.02. The zero-order chi connectivity index (χ0) is 14.4. The molecule has 20 heavy (non-hydrogen) atoms. The Labute approximate surface area is 120 Å². The molecule has 112 valence electrons. The number of nitrogens with zero attached hydrogens (tertiary/aromatic N) is 4. The highest BCUT2D eigenvalue weighted by Crippen LogP contribution is 2.12. The van der Waals surface area contributed by atoms with E-state index >= 15 is 0 Å². The summed E-state index contributed by atoms with van der Waals surface area (Å²) in [4.78, 5) is 18.3. The molecule has 0 bridgehead atoms. The van der Waals surface area contributed by atoms with Gasteiger partial charge in [0.1, 0.15) is 0 Å². The maximum atomic E-state index is 12.3. The van der Waals surface area contributed by atoms with E-state index in [1.165, 1.54) is 0 Å². The summed E-state index contributed by atoms with van der Waals surface area (Å²) in [5, 5.41) is 9.19. The van der Waals surface area contributed by atoms with Crippen molar-refractivity contribution in [2.24, 2.45) is 0 Å². The Hall–Kier alpha value is -1.32. The van der Waals surface area contributed by atoms with E-state index in [-0.39, 0.29) is 12.1 Å². The van der Waals surface area contributed by atoms with Crippen molar-refractivity contribution in [2.45, 2.75) is 25.8 Å². The summed E-state index contributed by atoms with van der Waals surface area (Å²) in [6.45, 7) is 7.80. The zero-order valence-electron chi connectivity index (χ0n) is 12.3. The minimum absolute atomic E-state index is 0.000591. The van der Waals surface area contributed by atoms with Crippen LogP contribution in [0.1, 0.15) is 19.8 Å². The van der Waals surface area contributed by atoms with Crippen molar-refractivity contribution in [1.82, 2.24) is 14.7 Å². The van der Waals surface area contributed by atoms with Crippen molar-refractivity contribution in [3.8, 4) is 6.07 Å². The molecule has 0 saturated carbocycles. The van der Waals surface area contributed by atoms with Gasteiger partial charge in [0.2, 0.25) is 0 Å². The number of urea groups is 1. The summed E-state index contributed by atoms with van der Waals surface area (Å²) in [6.07, 6.45) is 1.93. The quantitative estimate of drug-likeness (QED) is 0.765. The van der Waals surface area contributed by atoms with Crippen molar-refractivity contribution in [3.63, 3.8) is 0 Å². The minimum Gasteiger partial charge on any atom is -0.378 e. The molecule has 0 aromatic rings. The predicted octanol–water partition coefficient (Wildman–Crippen LogP) is 0.748. The van der Waals surface area contributed by atoms with Crippen LogP contribution in [-0.4, -0.2) is 79.3 Å². The lowest BCUT2D eigenvalue weighted by molar-refractivity contribution is 0.0361. The smallest absolute Gasteiger partial charge is 0.320 e. The molecule has 0 N–H and O–H groups in total. The molecule has 0 aliphatic carbocycles. The molecular weight excluding hydrogens is 256 g/mol. The number of piperazine rings is 1. The monoisotopic (exact) mass is 280 g/mol. The first-order chi connectivity index (χ1) is 9.76. The van der Waals surface area contributed by atoms with E-state index in [0.717, 1.165) is 39.0 Å². The van der Waals surface area contributed by atoms with Crippen molar-refractivity contribution in [1.29, 1.82) is 5.26 Å². The number of amides is 2. The van der Waals surface area contributed by atoms with E-state index in [1.54, 1.807) is 0 Å². The van der Waals surface area contributed by atoms with Gasteiger partial charge in [-0.3, -0.25) is 4.90 Å². The molecular formula is C14H24N4O2. The van der Waals surface area contributed by atoms with E-state index in [0.29, 0.717) is 26.3 Å². The average Bonchev–Trinajstić information content (AvgIpc) is 2.53. The molecule has 2 amide bonds. The van der Waals surface area contributed by atoms with Gasteiger partial charge in [0.25, 0.3) is 0 Å². The molecule has 2 aliphatic heterocycles. The van der Waals surface area contributed by atoms with Gasteiger partial charge in [-0.1, -0.05) is 13.3 Å². The molecule has 1 atom stereocenters. The molecule has 2 aliphatic rings. The standard InChI is InChI=1S/C14H24N4O2/c1-2-3-13(12-15)16-4-6-17(7-5-16)14(19)18-8-10-20-11-9-18/h13H,2-11H2,1H3. The van der Waals surface area contributed by atoms with Gasteiger partial charge in [0.15, 0.2) is 0 Å². The molecule has 2 heterocycles. The number of carbonyl (C=O) groups is 1. The number of ether oxygens (including phenoxy) is 1. The van der Waals surface area contributed by atoms with E-state index in [2.05, 4.69) is 17.9 Å². The highest BCUT2D eigenvalue weighted by Gasteiger charge is 2.28. The molecule has 0 spiro atoms. The van der Waals surface area contributed by atoms with E-state index in [4.69, 9.17) is 4.74 Å². The number of hydrogen-bond donors (Lipinski definition) is 0. The molecule has 0 aromatic carbocycles. The summed E-state index contributed by atoms with van der Waals surface area (Å²) in [5.74, 6) is 0. The van der Waals surface area contributed by atoms with Crippen LogP contribution in [0.25, 0.3) is 0 Å². The molecule has 0 radical (unpaired) electrons. The van der Waals surface area contributed by atoms with Crippen molar-refractivity contribution in [2.75, 3.05) is 52.5 Å². The SMILES string of the molecule is CCCC(C#N)N1CCN(C(=O)N2CCOCC2)CC1. The Morgan fingerprint density at radius 3 is 2.30 bits per heavy atom. The Kier molecular flexibility index (Phi) is 5.62. The van der Waals surface area contributed by atoms with Gasteiger partial charge in [0, 0.05) is 39.3 Å². The lowest BCUT2D eigenvalue weighted by Gasteiger charge is -2.39. The lowest BCUT2D eigenvalue weighted by atomic mass is 10.1. The molecule has 2 rings (SSSR count). The summed E-state index contributed by atoms with van der Waals surface area (Å²) in [6, 6.07) is 2.50. The zero-order valence-corrected chi connectivity index (χ0v) is 12.3. The molecule has 2 saturated heterocycles. The Morgan fingerprint density at radius 2 is 1.75 bits per heavy atom. The van der Waals surface area contributed by atoms with Crippen LogP contribution in [0.15, 0.2) is 0 Å². The molecule has 2 fully saturated rings. The van der Waals surface area contributed by atoms with Crippen LogP contribution in [0.3, 0.4) is 0 Å². The molecule has 6 nitrogen and oxygen atoms in total. The number of hydrogen-bond acceptors (Lipinski definition) is 4. The highest BCUT2D eigenvalue weighted by atomic mass is 16.5. The fourth-order valence-electron chi connectivity index (χ4n) is 2.78. The summed E-state index contributed by atoms with van der Waals surface area (Å²) < 4.78 is 5.27. The second kappa shape index (κ2) is 7.46. The van der Waals surface area contributed by atoms with Gasteiger partial charge in [-0.05, 0) is 6.42 Å². The molecule has 0 aromatic heterocycles. The Morgan fingerprint density at radius 1 is 1.15 bits per heavy atom. The first kappa shape index (κ1) is 15.1. The molecule has 6 heteroatoms. The van der Waals surface area contributed by atoms with Gasteiger partial charge < -0.3 is 14.5 Å². The highest BCUT2D eigenvalue weighted by molar-refractivity contribution is 5.74. The first-order valence-corrected chi connectivity index (χ1v) is 7.51. The van der Waals surface area contributed by atoms with E-state index < -0.39 is 0 Å². The van der Waals surface area contributed by atoms with Crippen LogP contribution in [-0.2, 0) is 4.74 Å². The molecule has 1 unspecified atom stereocenters. The van der Waals surface area contributed by atoms with Gasteiger partial charge in [-0.15, -0.1) is 0 Å². The largest absolute Gasteiger partial charge is 0.378 e. The normalized spacial score (nSPS) is 22.4. The van der Waals surface area contributed by atoms with Crippen LogP contribution >= 0.6 is 0 Å². The van der Waals surface area contributed by atoms with E-state index in [1.807, 2.05) is 9.80 Å². The second-order valence-electron chi connectivity index (χ2n) is 5.34. The predicted molar refractivity (Wildman–Crippen MR) is 75.2 cm³/mol.